The van der Waals surface area contributed by atoms with Crippen LogP contribution in [-0.2, 0) is 25.6 Å². The molecule has 0 aromatic heterocycles. The van der Waals surface area contributed by atoms with E-state index in [4.69, 9.17) is 27.9 Å². The Morgan fingerprint density at radius 2 is 1.76 bits per heavy atom. The van der Waals surface area contributed by atoms with Gasteiger partial charge < -0.3 is 9.84 Å². The second-order valence-corrected chi connectivity index (χ2v) is 13.2. The number of nitrogens with zero attached hydrogens (tertiary/aromatic N) is 2. The number of phenolic OH excluding ortho intramolecular Hbond substituents is 1. The van der Waals surface area contributed by atoms with Crippen LogP contribution in [0.15, 0.2) is 41.7 Å². The molecule has 0 unspecified atom stereocenters. The third-order valence-corrected chi connectivity index (χ3v) is 10.2. The van der Waals surface area contributed by atoms with Crippen LogP contribution in [0, 0.1) is 23.7 Å². The lowest BCUT2D eigenvalue weighted by molar-refractivity contribution is -0.146. The van der Waals surface area contributed by atoms with Crippen molar-refractivity contribution in [1.82, 2.24) is 9.80 Å². The lowest BCUT2D eigenvalue weighted by atomic mass is 9.56. The number of phenols is 1. The zero-order chi connectivity index (χ0) is 27.5. The SMILES string of the molecule is CN1C(=O)[C@]2(Cl)C[C@@H]3C(=CC[C@@H]4C(=O)N(C(C)(C)C)C(=O)[C@@H]43)[C@H](C3=COc4ccc(O)cc4C3)[C@]2(Cl)C1=O. The van der Waals surface area contributed by atoms with Gasteiger partial charge in [-0.3, -0.25) is 29.0 Å². The summed E-state index contributed by atoms with van der Waals surface area (Å²) in [6, 6.07) is 4.75. The van der Waals surface area contributed by atoms with Crippen molar-refractivity contribution in [3.63, 3.8) is 0 Å². The van der Waals surface area contributed by atoms with Crippen LogP contribution in [-0.4, -0.2) is 60.9 Å². The Morgan fingerprint density at radius 1 is 1.05 bits per heavy atom. The summed E-state index contributed by atoms with van der Waals surface area (Å²) in [5.41, 5.74) is 1.32. The minimum absolute atomic E-state index is 0.0427. The molecule has 2 aliphatic carbocycles. The van der Waals surface area contributed by atoms with Gasteiger partial charge in [0.05, 0.1) is 18.1 Å². The highest BCUT2D eigenvalue weighted by molar-refractivity contribution is 6.53. The monoisotopic (exact) mass is 558 g/mol. The van der Waals surface area contributed by atoms with Crippen LogP contribution in [0.5, 0.6) is 11.5 Å². The van der Waals surface area contributed by atoms with E-state index in [1.54, 1.807) is 12.1 Å². The van der Waals surface area contributed by atoms with E-state index in [-0.39, 0.29) is 24.0 Å². The molecule has 5 aliphatic rings. The normalized spacial score (nSPS) is 36.3. The van der Waals surface area contributed by atoms with E-state index in [2.05, 4.69) is 0 Å². The first-order valence-corrected chi connectivity index (χ1v) is 13.4. The van der Waals surface area contributed by atoms with Crippen LogP contribution in [0.1, 0.15) is 39.2 Å². The van der Waals surface area contributed by atoms with Crippen LogP contribution in [0.4, 0.5) is 0 Å². The number of benzene rings is 1. The summed E-state index contributed by atoms with van der Waals surface area (Å²) >= 11 is 14.4. The summed E-state index contributed by atoms with van der Waals surface area (Å²) in [5, 5.41) is 10.1. The van der Waals surface area contributed by atoms with Gasteiger partial charge in [-0.1, -0.05) is 11.6 Å². The molecule has 38 heavy (non-hydrogen) atoms. The Bertz CT molecular complexity index is 1400. The smallest absolute Gasteiger partial charge is 0.253 e. The summed E-state index contributed by atoms with van der Waals surface area (Å²) in [6.07, 6.45) is 4.00. The molecule has 2 saturated heterocycles. The van der Waals surface area contributed by atoms with Gasteiger partial charge in [-0.05, 0) is 63.3 Å². The van der Waals surface area contributed by atoms with Crippen molar-refractivity contribution in [3.05, 3.63) is 47.2 Å². The lowest BCUT2D eigenvalue weighted by Crippen LogP contribution is -2.61. The number of halogens is 2. The number of alkyl halides is 2. The molecule has 3 fully saturated rings. The molecule has 200 valence electrons. The summed E-state index contributed by atoms with van der Waals surface area (Å²) in [4.78, 5) is 53.0. The highest BCUT2D eigenvalue weighted by Crippen LogP contribution is 2.64. The van der Waals surface area contributed by atoms with Crippen molar-refractivity contribution < 1.29 is 29.0 Å². The molecule has 1 aromatic rings. The average Bonchev–Trinajstić information content (AvgIpc) is 3.18. The van der Waals surface area contributed by atoms with Gasteiger partial charge in [0.2, 0.25) is 11.8 Å². The van der Waals surface area contributed by atoms with E-state index >= 15 is 0 Å². The van der Waals surface area contributed by atoms with Crippen molar-refractivity contribution in [3.8, 4) is 11.5 Å². The molecule has 3 heterocycles. The number of likely N-dealkylation sites (tertiary alicyclic amines) is 2. The zero-order valence-corrected chi connectivity index (χ0v) is 23.0. The molecule has 6 atom stereocenters. The van der Waals surface area contributed by atoms with Crippen molar-refractivity contribution in [2.75, 3.05) is 7.05 Å². The van der Waals surface area contributed by atoms with Gasteiger partial charge in [0.1, 0.15) is 11.5 Å². The Hall–Kier alpha value is -2.84. The number of carbonyl (C=O) groups is 4. The predicted molar refractivity (Wildman–Crippen MR) is 138 cm³/mol. The van der Waals surface area contributed by atoms with Crippen LogP contribution in [0.3, 0.4) is 0 Å². The van der Waals surface area contributed by atoms with Crippen LogP contribution < -0.4 is 4.74 Å². The maximum absolute atomic E-state index is 13.8. The molecule has 0 radical (unpaired) electrons. The third-order valence-electron chi connectivity index (χ3n) is 8.83. The van der Waals surface area contributed by atoms with Gasteiger partial charge in [0.25, 0.3) is 11.8 Å². The molecule has 8 nitrogen and oxygen atoms in total. The van der Waals surface area contributed by atoms with Gasteiger partial charge in [-0.25, -0.2) is 0 Å². The van der Waals surface area contributed by atoms with Gasteiger partial charge in [-0.15, -0.1) is 23.2 Å². The molecule has 10 heteroatoms. The molecule has 1 saturated carbocycles. The van der Waals surface area contributed by atoms with Gasteiger partial charge >= 0.3 is 0 Å². The minimum Gasteiger partial charge on any atom is -0.508 e. The number of fused-ring (bicyclic) bond motifs is 5. The van der Waals surface area contributed by atoms with E-state index in [1.165, 1.54) is 24.3 Å². The fourth-order valence-corrected chi connectivity index (χ4v) is 8.25. The molecule has 0 spiro atoms. The molecule has 1 aromatic carbocycles. The Labute approximate surface area is 230 Å². The maximum atomic E-state index is 13.8. The van der Waals surface area contributed by atoms with Crippen molar-refractivity contribution in [1.29, 1.82) is 0 Å². The largest absolute Gasteiger partial charge is 0.508 e. The number of carbonyl (C=O) groups excluding carboxylic acids is 4. The van der Waals surface area contributed by atoms with Crippen molar-refractivity contribution in [2.24, 2.45) is 23.7 Å². The lowest BCUT2D eigenvalue weighted by Gasteiger charge is -2.51. The summed E-state index contributed by atoms with van der Waals surface area (Å²) in [5.74, 6) is -3.85. The van der Waals surface area contributed by atoms with E-state index in [9.17, 15) is 24.3 Å². The van der Waals surface area contributed by atoms with Gasteiger partial charge in [-0.2, -0.15) is 0 Å². The molecular weight excluding hydrogens is 531 g/mol. The van der Waals surface area contributed by atoms with E-state index in [0.29, 0.717) is 29.7 Å². The van der Waals surface area contributed by atoms with Gasteiger partial charge in [0.15, 0.2) is 9.75 Å². The highest BCUT2D eigenvalue weighted by Gasteiger charge is 2.76. The Kier molecular flexibility index (Phi) is 5.26. The topological polar surface area (TPSA) is 104 Å². The number of amides is 4. The maximum Gasteiger partial charge on any atom is 0.253 e. The van der Waals surface area contributed by atoms with Crippen molar-refractivity contribution in [2.45, 2.75) is 55.3 Å². The first-order valence-electron chi connectivity index (χ1n) is 12.7. The van der Waals surface area contributed by atoms with E-state index in [0.717, 1.165) is 10.5 Å². The first kappa shape index (κ1) is 25.4. The molecular formula is C28H28Cl2N2O6. The quantitative estimate of drug-likeness (QED) is 0.321. The molecule has 6 rings (SSSR count). The van der Waals surface area contributed by atoms with E-state index < -0.39 is 50.8 Å². The zero-order valence-electron chi connectivity index (χ0n) is 21.5. The molecule has 3 aliphatic heterocycles. The summed E-state index contributed by atoms with van der Waals surface area (Å²) in [6.45, 7) is 5.45. The first-order chi connectivity index (χ1) is 17.7. The highest BCUT2D eigenvalue weighted by atomic mass is 35.5. The number of aromatic hydroxyl groups is 1. The number of hydrogen-bond acceptors (Lipinski definition) is 6. The number of allylic oxidation sites excluding steroid dienone is 3. The minimum atomic E-state index is -1.85. The fraction of sp³-hybridized carbons (Fsp3) is 0.500. The fourth-order valence-electron chi connectivity index (χ4n) is 7.22. The number of imide groups is 2. The summed E-state index contributed by atoms with van der Waals surface area (Å²) in [7, 11) is 1.36. The molecule has 1 N–H and O–H groups in total. The number of ether oxygens (including phenoxy) is 1. The Morgan fingerprint density at radius 3 is 2.45 bits per heavy atom. The van der Waals surface area contributed by atoms with E-state index in [1.807, 2.05) is 26.8 Å². The van der Waals surface area contributed by atoms with Crippen molar-refractivity contribution >= 4 is 46.8 Å². The number of hydrogen-bond donors (Lipinski definition) is 1. The Balaban J connectivity index is 1.51. The average molecular weight is 559 g/mol. The van der Waals surface area contributed by atoms with Crippen LogP contribution >= 0.6 is 23.2 Å². The standard InChI is InChI=1S/C28H28Cl2N2O6/c1-26(2,3)32-22(34)17-7-6-16-18(20(17)23(32)35)11-27(29)24(36)31(4)25(37)28(27,30)21(16)14-9-13-10-15(33)5-8-19(13)38-12-14/h5-6,8,10,12,17-18,20-21,33H,7,9,11H2,1-4H3/t17-,18+,20-,21-,27+,28-/m0/s1. The second kappa shape index (κ2) is 7.85. The predicted octanol–water partition coefficient (Wildman–Crippen LogP) is 3.53. The van der Waals surface area contributed by atoms with Gasteiger partial charge in [0, 0.05) is 30.5 Å². The van der Waals surface area contributed by atoms with Crippen LogP contribution in [0.25, 0.3) is 0 Å². The van der Waals surface area contributed by atoms with Crippen LogP contribution in [0.2, 0.25) is 0 Å². The number of rotatable bonds is 1. The third kappa shape index (κ3) is 3.04. The molecule has 4 amide bonds. The summed E-state index contributed by atoms with van der Waals surface area (Å²) < 4.78 is 5.88. The second-order valence-electron chi connectivity index (χ2n) is 12.0. The molecule has 0 bridgehead atoms.